The van der Waals surface area contributed by atoms with Gasteiger partial charge in [-0.05, 0) is 73.6 Å². The number of anilines is 1. The Morgan fingerprint density at radius 3 is 2.09 bits per heavy atom. The maximum Gasteiger partial charge on any atom is 0.261 e. The van der Waals surface area contributed by atoms with E-state index in [4.69, 9.17) is 0 Å². The van der Waals surface area contributed by atoms with Crippen molar-refractivity contribution in [3.05, 3.63) is 59.7 Å². The van der Waals surface area contributed by atoms with Crippen molar-refractivity contribution in [3.63, 3.8) is 0 Å². The van der Waals surface area contributed by atoms with E-state index in [1.54, 1.807) is 41.3 Å². The summed E-state index contributed by atoms with van der Waals surface area (Å²) in [6.45, 7) is 11.3. The van der Waals surface area contributed by atoms with Crippen LogP contribution in [0.15, 0.2) is 53.4 Å². The van der Waals surface area contributed by atoms with Crippen LogP contribution in [0.2, 0.25) is 0 Å². The molecule has 1 heterocycles. The number of sulfonamides is 1. The van der Waals surface area contributed by atoms with Gasteiger partial charge in [0.1, 0.15) is 0 Å². The van der Waals surface area contributed by atoms with E-state index in [0.717, 1.165) is 12.0 Å². The van der Waals surface area contributed by atoms with E-state index in [0.29, 0.717) is 37.2 Å². The molecule has 0 radical (unpaired) electrons. The molecule has 190 valence electrons. The van der Waals surface area contributed by atoms with Gasteiger partial charge in [0.05, 0.1) is 4.90 Å². The lowest BCUT2D eigenvalue weighted by Crippen LogP contribution is -2.44. The van der Waals surface area contributed by atoms with Gasteiger partial charge in [-0.25, -0.2) is 8.42 Å². The number of carbonyl (C=O) groups excluding carboxylic acids is 2. The molecule has 7 nitrogen and oxygen atoms in total. The van der Waals surface area contributed by atoms with Gasteiger partial charge in [0, 0.05) is 36.3 Å². The minimum Gasteiger partial charge on any atom is -0.353 e. The standard InChI is InChI=1S/C27H37N3O4S/c1-6-19(2)28-25(31)20-15-17-30(18-16-20)26(32)21-7-11-23(12-8-21)29-35(33,34)24-13-9-22(10-14-24)27(3,4)5/h7-14,19-20,29H,6,15-18H2,1-5H3,(H,28,31)/t19-/m0/s1. The van der Waals surface area contributed by atoms with E-state index < -0.39 is 10.0 Å². The Morgan fingerprint density at radius 1 is 1.00 bits per heavy atom. The van der Waals surface area contributed by atoms with Crippen LogP contribution in [0.4, 0.5) is 5.69 Å². The van der Waals surface area contributed by atoms with Crippen LogP contribution in [0, 0.1) is 5.92 Å². The summed E-state index contributed by atoms with van der Waals surface area (Å²) in [6, 6.07) is 13.5. The number of amides is 2. The molecule has 0 spiro atoms. The third-order valence-corrected chi connectivity index (χ3v) is 7.97. The fraction of sp³-hybridized carbons (Fsp3) is 0.481. The van der Waals surface area contributed by atoms with Gasteiger partial charge >= 0.3 is 0 Å². The zero-order valence-corrected chi connectivity index (χ0v) is 22.1. The first-order chi connectivity index (χ1) is 16.4. The molecule has 1 saturated heterocycles. The largest absolute Gasteiger partial charge is 0.353 e. The molecule has 0 aromatic heterocycles. The number of rotatable bonds is 7. The predicted octanol–water partition coefficient (Wildman–Crippen LogP) is 4.55. The summed E-state index contributed by atoms with van der Waals surface area (Å²) in [5, 5.41) is 3.02. The van der Waals surface area contributed by atoms with E-state index in [1.165, 1.54) is 0 Å². The van der Waals surface area contributed by atoms with Gasteiger partial charge in [-0.1, -0.05) is 39.8 Å². The second-order valence-corrected chi connectivity index (χ2v) is 12.0. The number of benzene rings is 2. The molecule has 1 aliphatic heterocycles. The smallest absolute Gasteiger partial charge is 0.261 e. The molecule has 3 rings (SSSR count). The molecule has 35 heavy (non-hydrogen) atoms. The van der Waals surface area contributed by atoms with Gasteiger partial charge in [0.2, 0.25) is 5.91 Å². The van der Waals surface area contributed by atoms with Crippen LogP contribution in [0.1, 0.15) is 69.8 Å². The Balaban J connectivity index is 1.59. The highest BCUT2D eigenvalue weighted by Gasteiger charge is 2.28. The number of piperidine rings is 1. The van der Waals surface area contributed by atoms with Gasteiger partial charge in [0.25, 0.3) is 15.9 Å². The number of carbonyl (C=O) groups is 2. The summed E-state index contributed by atoms with van der Waals surface area (Å²) < 4.78 is 28.1. The van der Waals surface area contributed by atoms with Gasteiger partial charge < -0.3 is 10.2 Å². The lowest BCUT2D eigenvalue weighted by Gasteiger charge is -2.32. The maximum absolute atomic E-state index is 12.9. The molecular formula is C27H37N3O4S. The Morgan fingerprint density at radius 2 is 1.57 bits per heavy atom. The first-order valence-corrected chi connectivity index (χ1v) is 13.7. The van der Waals surface area contributed by atoms with E-state index in [1.807, 2.05) is 26.0 Å². The minimum absolute atomic E-state index is 0.0621. The van der Waals surface area contributed by atoms with Gasteiger partial charge in [-0.2, -0.15) is 0 Å². The van der Waals surface area contributed by atoms with Crippen molar-refractivity contribution in [3.8, 4) is 0 Å². The highest BCUT2D eigenvalue weighted by atomic mass is 32.2. The highest BCUT2D eigenvalue weighted by Crippen LogP contribution is 2.25. The summed E-state index contributed by atoms with van der Waals surface area (Å²) in [7, 11) is -3.74. The third-order valence-electron chi connectivity index (χ3n) is 6.57. The molecule has 2 amide bonds. The Bertz CT molecular complexity index is 1130. The lowest BCUT2D eigenvalue weighted by molar-refractivity contribution is -0.126. The average Bonchev–Trinajstić information content (AvgIpc) is 2.83. The molecule has 1 aliphatic rings. The molecule has 1 atom stereocenters. The highest BCUT2D eigenvalue weighted by molar-refractivity contribution is 7.92. The molecule has 0 saturated carbocycles. The first-order valence-electron chi connectivity index (χ1n) is 12.2. The van der Waals surface area contributed by atoms with Crippen LogP contribution in [-0.2, 0) is 20.2 Å². The molecule has 0 bridgehead atoms. The van der Waals surface area contributed by atoms with Gasteiger partial charge in [-0.15, -0.1) is 0 Å². The van der Waals surface area contributed by atoms with Crippen molar-refractivity contribution in [2.45, 2.75) is 70.2 Å². The predicted molar refractivity (Wildman–Crippen MR) is 139 cm³/mol. The summed E-state index contributed by atoms with van der Waals surface area (Å²) >= 11 is 0. The molecular weight excluding hydrogens is 462 g/mol. The summed E-state index contributed by atoms with van der Waals surface area (Å²) in [4.78, 5) is 27.2. The SMILES string of the molecule is CC[C@H](C)NC(=O)C1CCN(C(=O)c2ccc(NS(=O)(=O)c3ccc(C(C)(C)C)cc3)cc2)CC1. The third kappa shape index (κ3) is 6.84. The topological polar surface area (TPSA) is 95.6 Å². The van der Waals surface area contributed by atoms with Crippen molar-refractivity contribution in [2.24, 2.45) is 5.92 Å². The van der Waals surface area contributed by atoms with E-state index in [-0.39, 0.29) is 34.1 Å². The quantitative estimate of drug-likeness (QED) is 0.584. The first kappa shape index (κ1) is 26.7. The number of hydrogen-bond acceptors (Lipinski definition) is 4. The normalized spacial score (nSPS) is 16.0. The monoisotopic (exact) mass is 499 g/mol. The molecule has 0 aliphatic carbocycles. The maximum atomic E-state index is 12.9. The Hall–Kier alpha value is -2.87. The summed E-state index contributed by atoms with van der Waals surface area (Å²) in [5.74, 6) is -0.114. The average molecular weight is 500 g/mol. The molecule has 0 unspecified atom stereocenters. The van der Waals surface area contributed by atoms with Gasteiger partial charge in [0.15, 0.2) is 0 Å². The number of nitrogens with one attached hydrogen (secondary N) is 2. The second kappa shape index (κ2) is 10.8. The van der Waals surface area contributed by atoms with Crippen molar-refractivity contribution < 1.29 is 18.0 Å². The lowest BCUT2D eigenvalue weighted by atomic mass is 9.87. The Labute approximate surface area is 209 Å². The zero-order valence-electron chi connectivity index (χ0n) is 21.3. The number of likely N-dealkylation sites (tertiary alicyclic amines) is 1. The van der Waals surface area contributed by atoms with Crippen LogP contribution < -0.4 is 10.0 Å². The van der Waals surface area contributed by atoms with Crippen molar-refractivity contribution in [1.82, 2.24) is 10.2 Å². The van der Waals surface area contributed by atoms with Crippen LogP contribution in [0.5, 0.6) is 0 Å². The second-order valence-electron chi connectivity index (χ2n) is 10.3. The van der Waals surface area contributed by atoms with E-state index in [9.17, 15) is 18.0 Å². The van der Waals surface area contributed by atoms with Crippen LogP contribution in [0.25, 0.3) is 0 Å². The number of hydrogen-bond donors (Lipinski definition) is 2. The van der Waals surface area contributed by atoms with Crippen molar-refractivity contribution in [2.75, 3.05) is 17.8 Å². The molecule has 2 aromatic rings. The molecule has 1 fully saturated rings. The molecule has 8 heteroatoms. The minimum atomic E-state index is -3.74. The van der Waals surface area contributed by atoms with Crippen LogP contribution >= 0.6 is 0 Å². The molecule has 2 aromatic carbocycles. The fourth-order valence-electron chi connectivity index (χ4n) is 4.02. The van der Waals surface area contributed by atoms with Crippen LogP contribution in [0.3, 0.4) is 0 Å². The van der Waals surface area contributed by atoms with E-state index >= 15 is 0 Å². The van der Waals surface area contributed by atoms with E-state index in [2.05, 4.69) is 30.8 Å². The number of nitrogens with zero attached hydrogens (tertiary/aromatic N) is 1. The van der Waals surface area contributed by atoms with Crippen LogP contribution in [-0.4, -0.2) is 44.3 Å². The fourth-order valence-corrected chi connectivity index (χ4v) is 5.08. The van der Waals surface area contributed by atoms with Gasteiger partial charge in [-0.3, -0.25) is 14.3 Å². The summed E-state index contributed by atoms with van der Waals surface area (Å²) in [6.07, 6.45) is 2.17. The zero-order chi connectivity index (χ0) is 25.8. The summed E-state index contributed by atoms with van der Waals surface area (Å²) in [5.41, 5.74) is 1.87. The molecule has 2 N–H and O–H groups in total. The van der Waals surface area contributed by atoms with Crippen molar-refractivity contribution in [1.29, 1.82) is 0 Å². The Kier molecular flexibility index (Phi) is 8.26. The van der Waals surface area contributed by atoms with Crippen molar-refractivity contribution >= 4 is 27.5 Å².